The summed E-state index contributed by atoms with van der Waals surface area (Å²) in [6.45, 7) is 10.3. The van der Waals surface area contributed by atoms with Gasteiger partial charge in [-0.05, 0) is 45.6 Å². The summed E-state index contributed by atoms with van der Waals surface area (Å²) in [7, 11) is 4.21. The molecular weight excluding hydrogens is 284 g/mol. The molecule has 4 nitrogen and oxygen atoms in total. The molecule has 0 aromatic carbocycles. The lowest BCUT2D eigenvalue weighted by molar-refractivity contribution is 0.400. The van der Waals surface area contributed by atoms with Crippen LogP contribution in [-0.4, -0.2) is 49.7 Å². The van der Waals surface area contributed by atoms with Crippen molar-refractivity contribution in [1.29, 1.82) is 0 Å². The maximum absolute atomic E-state index is 6.25. The first-order chi connectivity index (χ1) is 9.93. The number of anilines is 1. The first-order valence-corrected chi connectivity index (χ1v) is 8.09. The van der Waals surface area contributed by atoms with Crippen LogP contribution in [0.4, 0.5) is 5.82 Å². The van der Waals surface area contributed by atoms with Crippen LogP contribution in [0.3, 0.4) is 0 Å². The van der Waals surface area contributed by atoms with Crippen LogP contribution < -0.4 is 10.2 Å². The Labute approximate surface area is 134 Å². The lowest BCUT2D eigenvalue weighted by Gasteiger charge is -2.23. The van der Waals surface area contributed by atoms with E-state index in [4.69, 9.17) is 11.6 Å². The van der Waals surface area contributed by atoms with Crippen molar-refractivity contribution in [2.45, 2.75) is 39.8 Å². The molecule has 0 saturated heterocycles. The van der Waals surface area contributed by atoms with E-state index in [1.54, 1.807) is 6.20 Å². The summed E-state index contributed by atoms with van der Waals surface area (Å²) >= 11 is 6.25. The normalized spacial score (nSPS) is 11.4. The van der Waals surface area contributed by atoms with Gasteiger partial charge in [0.05, 0.1) is 5.02 Å². The topological polar surface area (TPSA) is 31.4 Å². The van der Waals surface area contributed by atoms with Gasteiger partial charge in [-0.15, -0.1) is 0 Å². The van der Waals surface area contributed by atoms with E-state index in [1.165, 1.54) is 0 Å². The molecule has 1 rings (SSSR count). The van der Waals surface area contributed by atoms with Crippen LogP contribution in [0.2, 0.25) is 5.02 Å². The maximum Gasteiger partial charge on any atom is 0.128 e. The number of pyridine rings is 1. The zero-order valence-corrected chi connectivity index (χ0v) is 14.7. The summed E-state index contributed by atoms with van der Waals surface area (Å²) in [5, 5.41) is 4.14. The van der Waals surface area contributed by atoms with Gasteiger partial charge in [-0.25, -0.2) is 4.98 Å². The average Bonchev–Trinajstić information content (AvgIpc) is 2.42. The van der Waals surface area contributed by atoms with E-state index in [2.05, 4.69) is 61.0 Å². The van der Waals surface area contributed by atoms with Crippen molar-refractivity contribution < 1.29 is 0 Å². The molecule has 1 N–H and O–H groups in total. The molecule has 0 amide bonds. The van der Waals surface area contributed by atoms with Gasteiger partial charge < -0.3 is 15.1 Å². The Bertz CT molecular complexity index is 421. The van der Waals surface area contributed by atoms with Crippen molar-refractivity contribution in [3.8, 4) is 0 Å². The van der Waals surface area contributed by atoms with E-state index in [0.717, 1.165) is 49.0 Å². The van der Waals surface area contributed by atoms with E-state index >= 15 is 0 Å². The second kappa shape index (κ2) is 9.23. The molecule has 0 saturated carbocycles. The number of hydrogen-bond donors (Lipinski definition) is 1. The van der Waals surface area contributed by atoms with Crippen molar-refractivity contribution in [1.82, 2.24) is 15.2 Å². The fraction of sp³-hybridized carbons (Fsp3) is 0.688. The summed E-state index contributed by atoms with van der Waals surface area (Å²) in [4.78, 5) is 9.00. The number of nitrogens with zero attached hydrogens (tertiary/aromatic N) is 3. The second-order valence-corrected chi connectivity index (χ2v) is 6.31. The molecule has 1 aromatic heterocycles. The number of halogens is 1. The fourth-order valence-electron chi connectivity index (χ4n) is 2.10. The van der Waals surface area contributed by atoms with Crippen LogP contribution in [0.15, 0.2) is 12.3 Å². The zero-order valence-electron chi connectivity index (χ0n) is 14.0. The summed E-state index contributed by atoms with van der Waals surface area (Å²) in [6, 6.07) is 2.55. The molecular formula is C16H29ClN4. The van der Waals surface area contributed by atoms with Gasteiger partial charge in [-0.3, -0.25) is 0 Å². The van der Waals surface area contributed by atoms with Gasteiger partial charge in [0.2, 0.25) is 0 Å². The third-order valence-corrected chi connectivity index (χ3v) is 3.70. The Morgan fingerprint density at radius 3 is 2.57 bits per heavy atom. The molecule has 1 heterocycles. The smallest absolute Gasteiger partial charge is 0.128 e. The van der Waals surface area contributed by atoms with Gasteiger partial charge >= 0.3 is 0 Å². The van der Waals surface area contributed by atoms with Crippen LogP contribution in [0.1, 0.15) is 32.8 Å². The Morgan fingerprint density at radius 2 is 2.00 bits per heavy atom. The highest BCUT2D eigenvalue weighted by molar-refractivity contribution is 6.31. The van der Waals surface area contributed by atoms with Crippen LogP contribution in [0, 0.1) is 0 Å². The van der Waals surface area contributed by atoms with Gasteiger partial charge in [0.15, 0.2) is 0 Å². The van der Waals surface area contributed by atoms with Crippen LogP contribution in [0.5, 0.6) is 0 Å². The minimum Gasteiger partial charge on any atom is -0.357 e. The van der Waals surface area contributed by atoms with Crippen molar-refractivity contribution in [3.05, 3.63) is 22.8 Å². The average molecular weight is 313 g/mol. The Morgan fingerprint density at radius 1 is 1.29 bits per heavy atom. The quantitative estimate of drug-likeness (QED) is 0.759. The maximum atomic E-state index is 6.25. The molecule has 0 aliphatic heterocycles. The molecule has 1 aromatic rings. The summed E-state index contributed by atoms with van der Waals surface area (Å²) < 4.78 is 0. The highest BCUT2D eigenvalue weighted by Crippen LogP contribution is 2.20. The molecule has 0 atom stereocenters. The van der Waals surface area contributed by atoms with Crippen molar-refractivity contribution in [3.63, 3.8) is 0 Å². The summed E-state index contributed by atoms with van der Waals surface area (Å²) in [6.07, 6.45) is 2.90. The third-order valence-electron chi connectivity index (χ3n) is 3.36. The molecule has 0 aliphatic rings. The lowest BCUT2D eigenvalue weighted by Crippen LogP contribution is -2.28. The molecule has 0 radical (unpaired) electrons. The lowest BCUT2D eigenvalue weighted by atomic mass is 10.2. The number of rotatable bonds is 9. The fourth-order valence-corrected chi connectivity index (χ4v) is 2.27. The largest absolute Gasteiger partial charge is 0.357 e. The minimum atomic E-state index is 0.444. The highest BCUT2D eigenvalue weighted by atomic mass is 35.5. The number of hydrogen-bond acceptors (Lipinski definition) is 4. The van der Waals surface area contributed by atoms with E-state index in [-0.39, 0.29) is 0 Å². The molecule has 0 spiro atoms. The molecule has 0 aliphatic carbocycles. The van der Waals surface area contributed by atoms with Crippen LogP contribution in [0.25, 0.3) is 0 Å². The van der Waals surface area contributed by atoms with Gasteiger partial charge in [0.25, 0.3) is 0 Å². The van der Waals surface area contributed by atoms with Gasteiger partial charge in [0, 0.05) is 31.9 Å². The van der Waals surface area contributed by atoms with Crippen LogP contribution >= 0.6 is 11.6 Å². The molecule has 5 heteroatoms. The molecule has 120 valence electrons. The second-order valence-electron chi connectivity index (χ2n) is 5.91. The van der Waals surface area contributed by atoms with Gasteiger partial charge in [-0.2, -0.15) is 0 Å². The van der Waals surface area contributed by atoms with E-state index in [1.807, 2.05) is 0 Å². The molecule has 21 heavy (non-hydrogen) atoms. The zero-order chi connectivity index (χ0) is 15.8. The van der Waals surface area contributed by atoms with E-state index < -0.39 is 0 Å². The van der Waals surface area contributed by atoms with Gasteiger partial charge in [-0.1, -0.05) is 25.4 Å². The summed E-state index contributed by atoms with van der Waals surface area (Å²) in [5.74, 6) is 1.02. The minimum absolute atomic E-state index is 0.444. The first-order valence-electron chi connectivity index (χ1n) is 7.71. The predicted molar refractivity (Wildman–Crippen MR) is 92.3 cm³/mol. The monoisotopic (exact) mass is 312 g/mol. The highest BCUT2D eigenvalue weighted by Gasteiger charge is 2.09. The molecule has 0 fully saturated rings. The molecule has 0 unspecified atom stereocenters. The third kappa shape index (κ3) is 6.64. The Kier molecular flexibility index (Phi) is 8.01. The van der Waals surface area contributed by atoms with Crippen LogP contribution in [-0.2, 0) is 6.54 Å². The Hall–Kier alpha value is -0.840. The van der Waals surface area contributed by atoms with E-state index in [9.17, 15) is 0 Å². The predicted octanol–water partition coefficient (Wildman–Crippen LogP) is 3.01. The van der Waals surface area contributed by atoms with Crippen molar-refractivity contribution >= 4 is 17.4 Å². The summed E-state index contributed by atoms with van der Waals surface area (Å²) in [5.41, 5.74) is 1.11. The number of aromatic nitrogens is 1. The SMILES string of the molecule is CCN(CCCN(C)C)c1cc(CNC(C)C)c(Cl)cn1. The first kappa shape index (κ1) is 18.2. The van der Waals surface area contributed by atoms with Crippen molar-refractivity contribution in [2.24, 2.45) is 0 Å². The van der Waals surface area contributed by atoms with E-state index in [0.29, 0.717) is 6.04 Å². The Balaban J connectivity index is 2.72. The number of nitrogens with one attached hydrogen (secondary N) is 1. The van der Waals surface area contributed by atoms with Gasteiger partial charge in [0.1, 0.15) is 5.82 Å². The molecule has 0 bridgehead atoms. The van der Waals surface area contributed by atoms with Crippen molar-refractivity contribution in [2.75, 3.05) is 38.6 Å². The standard InChI is InChI=1S/C16H29ClN4/c1-6-21(9-7-8-20(4)5)16-10-14(11-18-13(2)3)15(17)12-19-16/h10,12-13,18H,6-9,11H2,1-5H3.